The van der Waals surface area contributed by atoms with Crippen molar-refractivity contribution in [2.24, 2.45) is 5.16 Å². The lowest BCUT2D eigenvalue weighted by Gasteiger charge is -2.18. The van der Waals surface area contributed by atoms with Crippen LogP contribution in [0.4, 0.5) is 22.0 Å². The predicted octanol–water partition coefficient (Wildman–Crippen LogP) is 3.26. The molecule has 2 heterocycles. The van der Waals surface area contributed by atoms with E-state index in [0.717, 1.165) is 36.6 Å². The molecule has 1 unspecified atom stereocenters. The van der Waals surface area contributed by atoms with Crippen LogP contribution in [0.2, 0.25) is 0 Å². The van der Waals surface area contributed by atoms with Crippen molar-refractivity contribution in [2.45, 2.75) is 24.7 Å². The topological polar surface area (TPSA) is 71.0 Å². The number of benzene rings is 2. The largest absolute Gasteiger partial charge is 0.386 e. The highest BCUT2D eigenvalue weighted by Crippen LogP contribution is 2.40. The molecule has 0 bridgehead atoms. The molecule has 2 aliphatic heterocycles. The summed E-state index contributed by atoms with van der Waals surface area (Å²) >= 11 is 0. The predicted molar refractivity (Wildman–Crippen MR) is 106 cm³/mol. The van der Waals surface area contributed by atoms with Crippen LogP contribution in [0.15, 0.2) is 35.5 Å². The third-order valence-corrected chi connectivity index (χ3v) is 6.05. The van der Waals surface area contributed by atoms with Crippen LogP contribution in [-0.2, 0) is 14.9 Å². The number of likely N-dealkylation sites (tertiary alicyclic amines) is 1. The zero-order chi connectivity index (χ0) is 23.2. The quantitative estimate of drug-likeness (QED) is 0.690. The molecule has 0 spiro atoms. The number of rotatable bonds is 4. The maximum atomic E-state index is 14.7. The molecule has 0 aromatic heterocycles. The Balaban J connectivity index is 1.61. The fourth-order valence-corrected chi connectivity index (χ4v) is 4.68. The summed E-state index contributed by atoms with van der Waals surface area (Å²) in [7, 11) is -3.63. The lowest BCUT2D eigenvalue weighted by atomic mass is 9.93. The first-order chi connectivity index (χ1) is 15.0. The van der Waals surface area contributed by atoms with Crippen LogP contribution in [0.5, 0.6) is 0 Å². The number of halogens is 5. The van der Waals surface area contributed by atoms with E-state index in [9.17, 15) is 30.4 Å². The van der Waals surface area contributed by atoms with E-state index in [1.54, 1.807) is 0 Å². The first-order valence-corrected chi connectivity index (χ1v) is 11.5. The zero-order valence-corrected chi connectivity index (χ0v) is 17.5. The van der Waals surface area contributed by atoms with Gasteiger partial charge in [-0.2, -0.15) is 0 Å². The minimum atomic E-state index is -3.63. The minimum absolute atomic E-state index is 0.0181. The molecule has 1 saturated heterocycles. The van der Waals surface area contributed by atoms with Gasteiger partial charge in [-0.25, -0.2) is 35.1 Å². The third kappa shape index (κ3) is 4.29. The van der Waals surface area contributed by atoms with Crippen LogP contribution in [0.3, 0.4) is 0 Å². The van der Waals surface area contributed by atoms with Crippen LogP contribution < -0.4 is 4.72 Å². The van der Waals surface area contributed by atoms with Crippen LogP contribution in [-0.4, -0.2) is 50.7 Å². The van der Waals surface area contributed by atoms with Crippen molar-refractivity contribution in [3.63, 3.8) is 0 Å². The number of nitrogens with one attached hydrogen (secondary N) is 1. The van der Waals surface area contributed by atoms with E-state index in [2.05, 4.69) is 9.88 Å². The van der Waals surface area contributed by atoms with Gasteiger partial charge < -0.3 is 9.74 Å². The molecule has 3 atom stereocenters. The summed E-state index contributed by atoms with van der Waals surface area (Å²) in [6.45, 7) is -0.176. The lowest BCUT2D eigenvalue weighted by Crippen LogP contribution is -2.41. The molecule has 12 heteroatoms. The Morgan fingerprint density at radius 2 is 1.72 bits per heavy atom. The summed E-state index contributed by atoms with van der Waals surface area (Å²) in [4.78, 5) is 6.79. The molecule has 0 amide bonds. The van der Waals surface area contributed by atoms with E-state index in [1.807, 2.05) is 0 Å². The zero-order valence-electron chi connectivity index (χ0n) is 16.7. The summed E-state index contributed by atoms with van der Waals surface area (Å²) in [5.74, 6) is -4.64. The Labute approximate surface area is 180 Å². The van der Waals surface area contributed by atoms with Gasteiger partial charge in [0.2, 0.25) is 10.0 Å². The maximum absolute atomic E-state index is 14.7. The van der Waals surface area contributed by atoms with E-state index >= 15 is 0 Å². The molecule has 1 fully saturated rings. The summed E-state index contributed by atoms with van der Waals surface area (Å²) in [6.07, 6.45) is -1.63. The Hall–Kier alpha value is -2.73. The lowest BCUT2D eigenvalue weighted by molar-refractivity contribution is 0.0856. The second-order valence-electron chi connectivity index (χ2n) is 7.65. The molecular weight excluding hydrogens is 457 g/mol. The molecule has 2 aliphatic rings. The normalized spacial score (nSPS) is 23.4. The van der Waals surface area contributed by atoms with Gasteiger partial charge in [-0.15, -0.1) is 0 Å². The summed E-state index contributed by atoms with van der Waals surface area (Å²) < 4.78 is 96.6. The molecular formula is C20H18F5N3O3S. The van der Waals surface area contributed by atoms with Gasteiger partial charge in [-0.3, -0.25) is 0 Å². The number of alkyl halides is 1. The maximum Gasteiger partial charge on any atom is 0.209 e. The molecule has 172 valence electrons. The van der Waals surface area contributed by atoms with Gasteiger partial charge in [-0.05, 0) is 18.2 Å². The average Bonchev–Trinajstić information content (AvgIpc) is 3.31. The standard InChI is InChI=1S/C20H18F5N3O3S/c1-32(29,30)27-15-9-28(8-14(15)24)17-7-16(31-26-17)10-5-6-13(23)20(25)18(10)19-11(21)3-2-4-12(19)22/h2-6,14-16,27H,7-9H2,1H3/t14-,15+,16?/m0/s1. The molecule has 2 aromatic carbocycles. The van der Waals surface area contributed by atoms with E-state index < -0.39 is 62.7 Å². The first kappa shape index (κ1) is 22.5. The Morgan fingerprint density at radius 1 is 1.03 bits per heavy atom. The highest BCUT2D eigenvalue weighted by Gasteiger charge is 2.39. The van der Waals surface area contributed by atoms with Gasteiger partial charge in [0, 0.05) is 17.7 Å². The first-order valence-electron chi connectivity index (χ1n) is 9.56. The number of hydrogen-bond acceptors (Lipinski definition) is 5. The molecule has 0 aliphatic carbocycles. The molecule has 0 saturated carbocycles. The van der Waals surface area contributed by atoms with E-state index in [0.29, 0.717) is 0 Å². The molecule has 32 heavy (non-hydrogen) atoms. The minimum Gasteiger partial charge on any atom is -0.386 e. The Kier molecular flexibility index (Phi) is 5.84. The van der Waals surface area contributed by atoms with Crippen molar-refractivity contribution >= 4 is 15.9 Å². The molecule has 2 aromatic rings. The van der Waals surface area contributed by atoms with Crippen molar-refractivity contribution in [1.82, 2.24) is 9.62 Å². The van der Waals surface area contributed by atoms with Crippen molar-refractivity contribution in [3.05, 3.63) is 59.2 Å². The van der Waals surface area contributed by atoms with Crippen LogP contribution >= 0.6 is 0 Å². The molecule has 1 N–H and O–H groups in total. The van der Waals surface area contributed by atoms with Gasteiger partial charge >= 0.3 is 0 Å². The summed E-state index contributed by atoms with van der Waals surface area (Å²) in [6, 6.07) is 3.92. The SMILES string of the molecule is CS(=O)(=O)N[C@@H]1CN(C2=NOC(c3ccc(F)c(F)c3-c3c(F)cccc3F)C2)C[C@@H]1F. The number of oxime groups is 1. The van der Waals surface area contributed by atoms with Crippen molar-refractivity contribution in [3.8, 4) is 11.1 Å². The second-order valence-corrected chi connectivity index (χ2v) is 9.43. The second kappa shape index (κ2) is 8.32. The summed E-state index contributed by atoms with van der Waals surface area (Å²) in [5.41, 5.74) is -1.39. The van der Waals surface area contributed by atoms with Gasteiger partial charge in [0.1, 0.15) is 23.6 Å². The van der Waals surface area contributed by atoms with E-state index in [4.69, 9.17) is 4.84 Å². The number of hydrogen-bond donors (Lipinski definition) is 1. The van der Waals surface area contributed by atoms with Crippen molar-refractivity contribution in [2.75, 3.05) is 19.3 Å². The highest BCUT2D eigenvalue weighted by atomic mass is 32.2. The fourth-order valence-electron chi connectivity index (χ4n) is 3.90. The average molecular weight is 475 g/mol. The van der Waals surface area contributed by atoms with E-state index in [-0.39, 0.29) is 30.9 Å². The fraction of sp³-hybridized carbons (Fsp3) is 0.350. The molecule has 4 rings (SSSR count). The number of sulfonamides is 1. The van der Waals surface area contributed by atoms with Crippen LogP contribution in [0.25, 0.3) is 11.1 Å². The summed E-state index contributed by atoms with van der Waals surface area (Å²) in [5, 5.41) is 3.87. The smallest absolute Gasteiger partial charge is 0.209 e. The van der Waals surface area contributed by atoms with Gasteiger partial charge in [0.25, 0.3) is 0 Å². The third-order valence-electron chi connectivity index (χ3n) is 5.32. The van der Waals surface area contributed by atoms with E-state index in [1.165, 1.54) is 4.90 Å². The van der Waals surface area contributed by atoms with Crippen LogP contribution in [0.1, 0.15) is 18.1 Å². The van der Waals surface area contributed by atoms with Gasteiger partial charge in [0.15, 0.2) is 17.7 Å². The van der Waals surface area contributed by atoms with Gasteiger partial charge in [-0.1, -0.05) is 17.3 Å². The Bertz CT molecular complexity index is 1170. The number of nitrogens with zero attached hydrogens (tertiary/aromatic N) is 2. The molecule has 6 nitrogen and oxygen atoms in total. The van der Waals surface area contributed by atoms with Crippen LogP contribution in [0, 0.1) is 23.3 Å². The van der Waals surface area contributed by atoms with Gasteiger partial charge in [0.05, 0.1) is 30.8 Å². The molecule has 0 radical (unpaired) electrons. The monoisotopic (exact) mass is 475 g/mol. The number of amidine groups is 1. The van der Waals surface area contributed by atoms with Crippen molar-refractivity contribution in [1.29, 1.82) is 0 Å². The highest BCUT2D eigenvalue weighted by molar-refractivity contribution is 7.88. The van der Waals surface area contributed by atoms with Crippen molar-refractivity contribution < 1.29 is 35.2 Å². The Morgan fingerprint density at radius 3 is 2.38 bits per heavy atom.